The van der Waals surface area contributed by atoms with Gasteiger partial charge in [0.2, 0.25) is 17.5 Å². The first-order valence-corrected chi connectivity index (χ1v) is 16.4. The molecule has 18 nitrogen and oxygen atoms in total. The van der Waals surface area contributed by atoms with Crippen LogP contribution in [0.1, 0.15) is 5.56 Å². The van der Waals surface area contributed by atoms with Crippen LogP contribution in [0.25, 0.3) is 28.4 Å². The van der Waals surface area contributed by atoms with Gasteiger partial charge < -0.3 is 79.2 Å². The molecule has 1 aromatic heterocycles. The van der Waals surface area contributed by atoms with Gasteiger partial charge in [0.15, 0.2) is 12.1 Å². The van der Waals surface area contributed by atoms with E-state index in [0.717, 1.165) is 18.2 Å². The normalized spacial score (nSPS) is 28.6. The highest BCUT2D eigenvalue weighted by molar-refractivity contribution is 5.88. The Hall–Kier alpha value is -5.28. The van der Waals surface area contributed by atoms with Gasteiger partial charge in [-0.05, 0) is 48.0 Å². The molecular weight excluding hydrogens is 720 g/mol. The molecule has 18 heteroatoms. The van der Waals surface area contributed by atoms with Crippen LogP contribution in [-0.4, -0.2) is 132 Å². The fraction of sp³-hybridized carbons (Fsp3) is 0.333. The van der Waals surface area contributed by atoms with Crippen LogP contribution in [0.3, 0.4) is 0 Å². The van der Waals surface area contributed by atoms with Gasteiger partial charge in [-0.25, -0.2) is 4.79 Å². The molecule has 10 atom stereocenters. The summed E-state index contributed by atoms with van der Waals surface area (Å²) in [5.74, 6) is -3.18. The molecule has 10 N–H and O–H groups in total. The molecule has 4 unspecified atom stereocenters. The number of hydrogen-bond donors (Lipinski definition) is 10. The summed E-state index contributed by atoms with van der Waals surface area (Å²) in [6.45, 7) is -1.55. The number of hydrogen-bond acceptors (Lipinski definition) is 18. The SMILES string of the molecule is O=C(/C=C/c1ccc(O)cc1)OC[C@H]1O[C@@H](Oc2c(-c3ccc(O)cc3)oc3cc(O)cc(O)c3c2=O)C(O)C(O)[C@@H]1O[C@@H]1O[C@H](CO)[C@@H](O)C(O)C1O. The predicted octanol–water partition coefficient (Wildman–Crippen LogP) is -0.450. The molecule has 3 heterocycles. The highest BCUT2D eigenvalue weighted by atomic mass is 16.7. The summed E-state index contributed by atoms with van der Waals surface area (Å²) in [5.41, 5.74) is -0.611. The molecule has 6 rings (SSSR count). The molecule has 288 valence electrons. The number of ether oxygens (including phenoxy) is 5. The Morgan fingerprint density at radius 3 is 2.04 bits per heavy atom. The van der Waals surface area contributed by atoms with Crippen molar-refractivity contribution in [1.29, 1.82) is 0 Å². The first kappa shape index (κ1) is 38.4. The Labute approximate surface area is 304 Å². The van der Waals surface area contributed by atoms with Crippen molar-refractivity contribution in [3.05, 3.63) is 82.5 Å². The van der Waals surface area contributed by atoms with Crippen LogP contribution in [0.15, 0.2) is 76.0 Å². The number of carbonyl (C=O) groups excluding carboxylic acids is 1. The Kier molecular flexibility index (Phi) is 11.4. The van der Waals surface area contributed by atoms with Crippen LogP contribution in [0.5, 0.6) is 28.7 Å². The number of fused-ring (bicyclic) bond motifs is 1. The molecule has 2 aliphatic rings. The van der Waals surface area contributed by atoms with Gasteiger partial charge >= 0.3 is 5.97 Å². The highest BCUT2D eigenvalue weighted by Gasteiger charge is 2.52. The van der Waals surface area contributed by atoms with Crippen molar-refractivity contribution < 1.29 is 84.0 Å². The standard InChI is InChI=1S/C36H36O18/c37-13-22-26(43)28(45)30(47)35(51-22)53-33-23(14-49-24(42)10-3-15-1-6-17(38)7-2-15)52-36(31(48)29(33)46)54-34-27(44)25-20(41)11-19(40)12-21(25)50-32(34)16-4-8-18(39)9-5-16/h1-12,22-23,26,28-31,33,35-41,43,45-48H,13-14H2/b10-3+/t22-,23-,26-,28?,29?,30?,31?,33-,35+,36+/m1/s1. The van der Waals surface area contributed by atoms with E-state index in [1.807, 2.05) is 0 Å². The van der Waals surface area contributed by atoms with Crippen molar-refractivity contribution in [3.8, 4) is 40.1 Å². The van der Waals surface area contributed by atoms with E-state index >= 15 is 0 Å². The van der Waals surface area contributed by atoms with Gasteiger partial charge in [0.25, 0.3) is 0 Å². The van der Waals surface area contributed by atoms with E-state index in [4.69, 9.17) is 28.1 Å². The lowest BCUT2D eigenvalue weighted by Gasteiger charge is -2.46. The zero-order valence-electron chi connectivity index (χ0n) is 27.9. The molecule has 2 saturated heterocycles. The minimum atomic E-state index is -2.09. The van der Waals surface area contributed by atoms with Crippen LogP contribution in [0, 0.1) is 0 Å². The largest absolute Gasteiger partial charge is 0.508 e. The number of phenols is 4. The summed E-state index contributed by atoms with van der Waals surface area (Å²) in [6.07, 6.45) is -15.9. The number of rotatable bonds is 10. The molecule has 0 saturated carbocycles. The maximum Gasteiger partial charge on any atom is 0.330 e. The topological polar surface area (TPSA) is 296 Å². The lowest BCUT2D eigenvalue weighted by molar-refractivity contribution is -0.352. The van der Waals surface area contributed by atoms with Gasteiger partial charge in [-0.1, -0.05) is 12.1 Å². The minimum absolute atomic E-state index is 0.000110. The zero-order chi connectivity index (χ0) is 38.8. The number of esters is 1. The molecule has 0 spiro atoms. The number of aliphatic hydroxyl groups excluding tert-OH is 6. The summed E-state index contributed by atoms with van der Waals surface area (Å²) in [5, 5.41) is 103. The van der Waals surface area contributed by atoms with E-state index < -0.39 is 109 Å². The smallest absolute Gasteiger partial charge is 0.330 e. The molecule has 3 aromatic carbocycles. The summed E-state index contributed by atoms with van der Waals surface area (Å²) in [6, 6.07) is 13.0. The van der Waals surface area contributed by atoms with E-state index in [1.54, 1.807) is 0 Å². The average molecular weight is 757 g/mol. The highest BCUT2D eigenvalue weighted by Crippen LogP contribution is 2.38. The van der Waals surface area contributed by atoms with Gasteiger partial charge in [-0.15, -0.1) is 0 Å². The molecule has 0 aliphatic carbocycles. The van der Waals surface area contributed by atoms with E-state index in [9.17, 15) is 60.7 Å². The number of aromatic hydroxyl groups is 4. The van der Waals surface area contributed by atoms with Crippen LogP contribution < -0.4 is 10.2 Å². The first-order valence-electron chi connectivity index (χ1n) is 16.4. The first-order chi connectivity index (χ1) is 25.7. The Morgan fingerprint density at radius 1 is 0.741 bits per heavy atom. The Balaban J connectivity index is 1.33. The third-order valence-corrected chi connectivity index (χ3v) is 8.76. The molecular formula is C36H36O18. The summed E-state index contributed by atoms with van der Waals surface area (Å²) in [7, 11) is 0. The Bertz CT molecular complexity index is 2030. The second-order valence-corrected chi connectivity index (χ2v) is 12.5. The van der Waals surface area contributed by atoms with Crippen LogP contribution in [0.4, 0.5) is 0 Å². The molecule has 54 heavy (non-hydrogen) atoms. The lowest BCUT2D eigenvalue weighted by Crippen LogP contribution is -2.65. The van der Waals surface area contributed by atoms with E-state index in [-0.39, 0.29) is 28.4 Å². The quantitative estimate of drug-likeness (QED) is 0.0724. The monoisotopic (exact) mass is 756 g/mol. The van der Waals surface area contributed by atoms with Crippen molar-refractivity contribution in [2.24, 2.45) is 0 Å². The van der Waals surface area contributed by atoms with Crippen molar-refractivity contribution >= 4 is 23.0 Å². The summed E-state index contributed by atoms with van der Waals surface area (Å²) in [4.78, 5) is 26.6. The maximum absolute atomic E-state index is 13.9. The molecule has 2 fully saturated rings. The third kappa shape index (κ3) is 7.97. The van der Waals surface area contributed by atoms with Gasteiger partial charge in [0.1, 0.15) is 89.4 Å². The van der Waals surface area contributed by atoms with Gasteiger partial charge in [0.05, 0.1) is 6.61 Å². The van der Waals surface area contributed by atoms with Gasteiger partial charge in [-0.3, -0.25) is 4.79 Å². The van der Waals surface area contributed by atoms with Crippen molar-refractivity contribution in [1.82, 2.24) is 0 Å². The number of carbonyl (C=O) groups is 1. The van der Waals surface area contributed by atoms with Crippen LogP contribution >= 0.6 is 0 Å². The second-order valence-electron chi connectivity index (χ2n) is 12.5. The van der Waals surface area contributed by atoms with Gasteiger partial charge in [-0.2, -0.15) is 0 Å². The molecule has 0 radical (unpaired) electrons. The average Bonchev–Trinajstić information content (AvgIpc) is 3.14. The Morgan fingerprint density at radius 2 is 1.37 bits per heavy atom. The second kappa shape index (κ2) is 16.0. The molecule has 2 aliphatic heterocycles. The number of aliphatic hydroxyl groups is 6. The van der Waals surface area contributed by atoms with Crippen LogP contribution in [-0.2, 0) is 23.7 Å². The van der Waals surface area contributed by atoms with Crippen molar-refractivity contribution in [2.75, 3.05) is 13.2 Å². The summed E-state index contributed by atoms with van der Waals surface area (Å²) < 4.78 is 34.1. The molecule has 4 aromatic rings. The van der Waals surface area contributed by atoms with E-state index in [2.05, 4.69) is 0 Å². The molecule has 0 amide bonds. The van der Waals surface area contributed by atoms with Gasteiger partial charge in [0, 0.05) is 23.8 Å². The maximum atomic E-state index is 13.9. The molecule has 0 bridgehead atoms. The van der Waals surface area contributed by atoms with E-state index in [1.165, 1.54) is 54.6 Å². The lowest BCUT2D eigenvalue weighted by atomic mass is 9.97. The minimum Gasteiger partial charge on any atom is -0.508 e. The van der Waals surface area contributed by atoms with Crippen LogP contribution in [0.2, 0.25) is 0 Å². The van der Waals surface area contributed by atoms with E-state index in [0.29, 0.717) is 5.56 Å². The van der Waals surface area contributed by atoms with Crippen molar-refractivity contribution in [2.45, 2.75) is 61.4 Å². The summed E-state index contributed by atoms with van der Waals surface area (Å²) >= 11 is 0. The fourth-order valence-corrected chi connectivity index (χ4v) is 5.90. The zero-order valence-corrected chi connectivity index (χ0v) is 27.9. The number of benzene rings is 3. The fourth-order valence-electron chi connectivity index (χ4n) is 5.90. The third-order valence-electron chi connectivity index (χ3n) is 8.76. The number of phenolic OH excluding ortho intramolecular Hbond substituents is 4. The van der Waals surface area contributed by atoms with Crippen molar-refractivity contribution in [3.63, 3.8) is 0 Å². The predicted molar refractivity (Wildman–Crippen MR) is 181 cm³/mol.